The third-order valence-electron chi connectivity index (χ3n) is 2.88. The number of likely N-dealkylation sites (N-methyl/N-ethyl adjacent to an activating group) is 1. The number of nitrogens with one attached hydrogen (secondary N) is 1. The van der Waals surface area contributed by atoms with Gasteiger partial charge in [-0.15, -0.1) is 0 Å². The Kier molecular flexibility index (Phi) is 5.68. The number of ether oxygens (including phenoxy) is 1. The molecule has 1 heterocycles. The van der Waals surface area contributed by atoms with Crippen LogP contribution in [-0.2, 0) is 14.6 Å². The predicted molar refractivity (Wildman–Crippen MR) is 64.4 cm³/mol. The van der Waals surface area contributed by atoms with Crippen molar-refractivity contribution in [3.63, 3.8) is 0 Å². The van der Waals surface area contributed by atoms with Crippen LogP contribution in [0.5, 0.6) is 0 Å². The van der Waals surface area contributed by atoms with Gasteiger partial charge < -0.3 is 10.1 Å². The van der Waals surface area contributed by atoms with E-state index in [9.17, 15) is 8.42 Å². The average molecular weight is 250 g/mol. The zero-order valence-electron chi connectivity index (χ0n) is 10.1. The summed E-state index contributed by atoms with van der Waals surface area (Å²) in [6.45, 7) is 5.73. The molecule has 1 aliphatic rings. The number of nitrogens with zero attached hydrogens (tertiary/aromatic N) is 1. The molecular formula is C10H22N2O3S. The number of methoxy groups -OCH3 is 1. The van der Waals surface area contributed by atoms with Crippen LogP contribution in [0, 0.1) is 0 Å². The normalized spacial score (nSPS) is 23.1. The highest BCUT2D eigenvalue weighted by atomic mass is 32.2. The van der Waals surface area contributed by atoms with Gasteiger partial charge >= 0.3 is 0 Å². The molecule has 1 fully saturated rings. The minimum Gasteiger partial charge on any atom is -0.383 e. The summed E-state index contributed by atoms with van der Waals surface area (Å²) in [6, 6.07) is 0.278. The van der Waals surface area contributed by atoms with Crippen molar-refractivity contribution in [1.29, 1.82) is 0 Å². The Morgan fingerprint density at radius 1 is 1.38 bits per heavy atom. The molecule has 0 amide bonds. The molecule has 0 aromatic heterocycles. The molecule has 96 valence electrons. The van der Waals surface area contributed by atoms with E-state index in [-0.39, 0.29) is 17.5 Å². The van der Waals surface area contributed by atoms with E-state index in [2.05, 4.69) is 17.1 Å². The van der Waals surface area contributed by atoms with Gasteiger partial charge in [0, 0.05) is 32.8 Å². The molecule has 1 saturated heterocycles. The molecule has 0 aliphatic carbocycles. The summed E-state index contributed by atoms with van der Waals surface area (Å²) in [7, 11) is -1.11. The van der Waals surface area contributed by atoms with Gasteiger partial charge in [0.1, 0.15) is 0 Å². The van der Waals surface area contributed by atoms with Crippen molar-refractivity contribution in [1.82, 2.24) is 10.2 Å². The van der Waals surface area contributed by atoms with E-state index in [0.29, 0.717) is 19.7 Å². The maximum absolute atomic E-state index is 11.3. The molecule has 16 heavy (non-hydrogen) atoms. The van der Waals surface area contributed by atoms with Crippen molar-refractivity contribution >= 4 is 9.84 Å². The van der Waals surface area contributed by atoms with Gasteiger partial charge in [-0.1, -0.05) is 6.92 Å². The van der Waals surface area contributed by atoms with Crippen LogP contribution >= 0.6 is 0 Å². The number of sulfone groups is 1. The van der Waals surface area contributed by atoms with Crippen LogP contribution in [0.2, 0.25) is 0 Å². The monoisotopic (exact) mass is 250 g/mol. The Hall–Kier alpha value is -0.170. The van der Waals surface area contributed by atoms with Gasteiger partial charge in [0.2, 0.25) is 0 Å². The predicted octanol–water partition coefficient (Wildman–Crippen LogP) is -0.659. The number of rotatable bonds is 6. The molecule has 5 nitrogen and oxygen atoms in total. The second-order valence-corrected chi connectivity index (χ2v) is 6.41. The molecule has 0 bridgehead atoms. The first kappa shape index (κ1) is 13.9. The molecule has 1 N–H and O–H groups in total. The minimum atomic E-state index is -2.79. The Bertz CT molecular complexity index is 278. The lowest BCUT2D eigenvalue weighted by Crippen LogP contribution is -2.51. The molecule has 1 atom stereocenters. The first-order valence-corrected chi connectivity index (χ1v) is 7.55. The lowest BCUT2D eigenvalue weighted by molar-refractivity contribution is 0.0948. The van der Waals surface area contributed by atoms with Crippen LogP contribution in [0.15, 0.2) is 0 Å². The number of hydrogen-bond donors (Lipinski definition) is 1. The molecule has 6 heteroatoms. The summed E-state index contributed by atoms with van der Waals surface area (Å²) in [5, 5.41) is 3.28. The topological polar surface area (TPSA) is 58.6 Å². The van der Waals surface area contributed by atoms with Crippen LogP contribution in [0.3, 0.4) is 0 Å². The fourth-order valence-electron chi connectivity index (χ4n) is 1.89. The van der Waals surface area contributed by atoms with E-state index in [0.717, 1.165) is 13.1 Å². The van der Waals surface area contributed by atoms with E-state index in [1.807, 2.05) is 0 Å². The summed E-state index contributed by atoms with van der Waals surface area (Å²) >= 11 is 0. The van der Waals surface area contributed by atoms with Crippen LogP contribution < -0.4 is 5.32 Å². The highest BCUT2D eigenvalue weighted by molar-refractivity contribution is 7.91. The van der Waals surface area contributed by atoms with Crippen LogP contribution in [0.4, 0.5) is 0 Å². The first-order valence-electron chi connectivity index (χ1n) is 5.73. The third-order valence-corrected chi connectivity index (χ3v) is 4.49. The van der Waals surface area contributed by atoms with Gasteiger partial charge in [-0.3, -0.25) is 4.90 Å². The fraction of sp³-hybridized carbons (Fsp3) is 1.00. The van der Waals surface area contributed by atoms with Crippen LogP contribution in [0.25, 0.3) is 0 Å². The second kappa shape index (κ2) is 6.54. The molecule has 0 aromatic rings. The summed E-state index contributed by atoms with van der Waals surface area (Å²) in [4.78, 5) is 2.20. The van der Waals surface area contributed by atoms with Gasteiger partial charge in [0.05, 0.1) is 18.1 Å². The first-order chi connectivity index (χ1) is 7.59. The van der Waals surface area contributed by atoms with Crippen molar-refractivity contribution in [3.05, 3.63) is 0 Å². The van der Waals surface area contributed by atoms with Crippen molar-refractivity contribution in [3.8, 4) is 0 Å². The lowest BCUT2D eigenvalue weighted by Gasteiger charge is -2.34. The summed E-state index contributed by atoms with van der Waals surface area (Å²) < 4.78 is 27.8. The van der Waals surface area contributed by atoms with E-state index < -0.39 is 9.84 Å². The molecular weight excluding hydrogens is 228 g/mol. The van der Waals surface area contributed by atoms with Gasteiger partial charge in [-0.25, -0.2) is 8.42 Å². The maximum atomic E-state index is 11.3. The lowest BCUT2D eigenvalue weighted by atomic mass is 10.2. The van der Waals surface area contributed by atoms with Crippen molar-refractivity contribution in [2.24, 2.45) is 0 Å². The molecule has 0 saturated carbocycles. The summed E-state index contributed by atoms with van der Waals surface area (Å²) in [5.41, 5.74) is 0. The Morgan fingerprint density at radius 3 is 2.50 bits per heavy atom. The van der Waals surface area contributed by atoms with E-state index in [4.69, 9.17) is 4.74 Å². The molecule has 1 aliphatic heterocycles. The standard InChI is InChI=1S/C10H22N2O3S/c1-3-11-8-10(9-15-2)12-4-6-16(13,14)7-5-12/h10-11H,3-9H2,1-2H3. The van der Waals surface area contributed by atoms with E-state index >= 15 is 0 Å². The molecule has 0 aromatic carbocycles. The van der Waals surface area contributed by atoms with Crippen LogP contribution in [0.1, 0.15) is 6.92 Å². The van der Waals surface area contributed by atoms with E-state index in [1.165, 1.54) is 0 Å². The second-order valence-electron chi connectivity index (χ2n) is 4.10. The Labute approximate surface area is 98.1 Å². The SMILES string of the molecule is CCNCC(COC)N1CCS(=O)(=O)CC1. The molecule has 0 spiro atoms. The summed E-state index contributed by atoms with van der Waals surface area (Å²) in [5.74, 6) is 0.554. The Morgan fingerprint density at radius 2 is 2.00 bits per heavy atom. The van der Waals surface area contributed by atoms with Gasteiger partial charge in [0.15, 0.2) is 9.84 Å². The Balaban J connectivity index is 2.46. The van der Waals surface area contributed by atoms with Gasteiger partial charge in [-0.2, -0.15) is 0 Å². The highest BCUT2D eigenvalue weighted by Crippen LogP contribution is 2.08. The van der Waals surface area contributed by atoms with Gasteiger partial charge in [-0.05, 0) is 6.54 Å². The van der Waals surface area contributed by atoms with Crippen molar-refractivity contribution in [2.45, 2.75) is 13.0 Å². The van der Waals surface area contributed by atoms with Gasteiger partial charge in [0.25, 0.3) is 0 Å². The molecule has 1 rings (SSSR count). The average Bonchev–Trinajstić information content (AvgIpc) is 2.25. The summed E-state index contributed by atoms with van der Waals surface area (Å²) in [6.07, 6.45) is 0. The third kappa shape index (κ3) is 4.37. The smallest absolute Gasteiger partial charge is 0.152 e. The van der Waals surface area contributed by atoms with Crippen molar-refractivity contribution in [2.75, 3.05) is 51.4 Å². The maximum Gasteiger partial charge on any atom is 0.152 e. The van der Waals surface area contributed by atoms with Crippen LogP contribution in [-0.4, -0.2) is 70.8 Å². The number of hydrogen-bond acceptors (Lipinski definition) is 5. The molecule has 0 radical (unpaired) electrons. The fourth-order valence-corrected chi connectivity index (χ4v) is 3.12. The minimum absolute atomic E-state index is 0.277. The zero-order chi connectivity index (χ0) is 12.0. The highest BCUT2D eigenvalue weighted by Gasteiger charge is 2.26. The zero-order valence-corrected chi connectivity index (χ0v) is 10.9. The largest absolute Gasteiger partial charge is 0.383 e. The quantitative estimate of drug-likeness (QED) is 0.678. The van der Waals surface area contributed by atoms with Crippen molar-refractivity contribution < 1.29 is 13.2 Å². The van der Waals surface area contributed by atoms with E-state index in [1.54, 1.807) is 7.11 Å². The molecule has 1 unspecified atom stereocenters.